The molecule has 0 radical (unpaired) electrons. The number of nitrogens with one attached hydrogen (secondary N) is 2. The van der Waals surface area contributed by atoms with E-state index in [4.69, 9.17) is 0 Å². The summed E-state index contributed by atoms with van der Waals surface area (Å²) in [6, 6.07) is 6.86. The minimum atomic E-state index is -0.528. The molecule has 1 aliphatic rings. The molecule has 0 aromatic heterocycles. The maximum absolute atomic E-state index is 13.9. The highest BCUT2D eigenvalue weighted by molar-refractivity contribution is 5.84. The van der Waals surface area contributed by atoms with E-state index in [1.807, 2.05) is 30.9 Å². The third-order valence-electron chi connectivity index (χ3n) is 4.51. The van der Waals surface area contributed by atoms with E-state index in [1.54, 1.807) is 20.2 Å². The number of para-hydroxylation sites is 1. The lowest BCUT2D eigenvalue weighted by molar-refractivity contribution is -0.128. The fourth-order valence-corrected chi connectivity index (χ4v) is 2.92. The Morgan fingerprint density at radius 2 is 1.88 bits per heavy atom. The van der Waals surface area contributed by atoms with Gasteiger partial charge in [0.05, 0.1) is 11.1 Å². The second-order valence-electron chi connectivity index (χ2n) is 6.79. The van der Waals surface area contributed by atoms with Crippen LogP contribution in [-0.2, 0) is 4.79 Å². The molecule has 1 aliphatic heterocycles. The van der Waals surface area contributed by atoms with Crippen LogP contribution in [0, 0.1) is 11.2 Å². The number of benzene rings is 1. The normalized spacial score (nSPS) is 16.0. The van der Waals surface area contributed by atoms with E-state index in [0.29, 0.717) is 12.2 Å². The summed E-state index contributed by atoms with van der Waals surface area (Å²) in [5, 5.41) is 5.96. The molecule has 0 bridgehead atoms. The van der Waals surface area contributed by atoms with Gasteiger partial charge in [-0.15, -0.1) is 0 Å². The first kappa shape index (κ1) is 19.0. The number of hydrogen-bond acceptors (Lipinski definition) is 3. The molecule has 0 atom stereocenters. The van der Waals surface area contributed by atoms with Crippen molar-refractivity contribution in [3.63, 3.8) is 0 Å². The molecule has 138 valence electrons. The summed E-state index contributed by atoms with van der Waals surface area (Å²) < 4.78 is 13.9. The number of rotatable bonds is 4. The number of aliphatic imine (C=N–C) groups is 1. The van der Waals surface area contributed by atoms with Gasteiger partial charge in [0.1, 0.15) is 5.82 Å². The molecule has 7 heteroatoms. The van der Waals surface area contributed by atoms with Crippen LogP contribution in [0.15, 0.2) is 29.3 Å². The lowest BCUT2D eigenvalue weighted by Crippen LogP contribution is -2.54. The van der Waals surface area contributed by atoms with E-state index in [9.17, 15) is 9.18 Å². The highest BCUT2D eigenvalue weighted by atomic mass is 19.1. The molecule has 6 nitrogen and oxygen atoms in total. The van der Waals surface area contributed by atoms with Crippen LogP contribution in [0.3, 0.4) is 0 Å². The van der Waals surface area contributed by atoms with Crippen molar-refractivity contribution in [1.82, 2.24) is 15.5 Å². The lowest BCUT2D eigenvalue weighted by Gasteiger charge is -2.38. The Morgan fingerprint density at radius 3 is 2.44 bits per heavy atom. The largest absolute Gasteiger partial charge is 0.366 e. The first-order valence-electron chi connectivity index (χ1n) is 8.56. The van der Waals surface area contributed by atoms with Crippen LogP contribution < -0.4 is 15.5 Å². The Bertz CT molecular complexity index is 624. The van der Waals surface area contributed by atoms with Gasteiger partial charge in [0.25, 0.3) is 0 Å². The predicted octanol–water partition coefficient (Wildman–Crippen LogP) is 1.30. The van der Waals surface area contributed by atoms with Gasteiger partial charge in [-0.1, -0.05) is 12.1 Å². The van der Waals surface area contributed by atoms with E-state index in [2.05, 4.69) is 20.5 Å². The summed E-state index contributed by atoms with van der Waals surface area (Å²) >= 11 is 0. The summed E-state index contributed by atoms with van der Waals surface area (Å²) in [6.07, 6.45) is 0. The van der Waals surface area contributed by atoms with E-state index >= 15 is 0 Å². The van der Waals surface area contributed by atoms with Crippen LogP contribution >= 0.6 is 0 Å². The predicted molar refractivity (Wildman–Crippen MR) is 99.4 cm³/mol. The molecule has 2 N–H and O–H groups in total. The molecular weight excluding hydrogens is 321 g/mol. The number of nitrogens with zero attached hydrogens (tertiary/aromatic N) is 3. The summed E-state index contributed by atoms with van der Waals surface area (Å²) in [6.45, 7) is 7.21. The number of anilines is 1. The number of hydrogen-bond donors (Lipinski definition) is 2. The minimum Gasteiger partial charge on any atom is -0.366 e. The standard InChI is InChI=1S/C18H28FN5O/c1-18(2,16(25)20-3)13-22-17(21-4)24-11-9-23(10-12-24)15-8-6-5-7-14(15)19/h5-8H,9-13H2,1-4H3,(H,20,25)(H,21,22). The topological polar surface area (TPSA) is 60.0 Å². The molecule has 0 saturated carbocycles. The number of guanidine groups is 1. The van der Waals surface area contributed by atoms with E-state index < -0.39 is 5.41 Å². The van der Waals surface area contributed by atoms with Gasteiger partial charge < -0.3 is 20.4 Å². The van der Waals surface area contributed by atoms with Crippen LogP contribution in [0.25, 0.3) is 0 Å². The van der Waals surface area contributed by atoms with Crippen molar-refractivity contribution in [1.29, 1.82) is 0 Å². The zero-order chi connectivity index (χ0) is 18.4. The van der Waals surface area contributed by atoms with Crippen molar-refractivity contribution < 1.29 is 9.18 Å². The van der Waals surface area contributed by atoms with Gasteiger partial charge in [-0.2, -0.15) is 0 Å². The third kappa shape index (κ3) is 4.61. The van der Waals surface area contributed by atoms with E-state index in [-0.39, 0.29) is 11.7 Å². The zero-order valence-corrected chi connectivity index (χ0v) is 15.5. The molecule has 1 fully saturated rings. The molecule has 1 aromatic rings. The minimum absolute atomic E-state index is 0.0141. The molecule has 1 aromatic carbocycles. The van der Waals surface area contributed by atoms with Crippen LogP contribution in [0.5, 0.6) is 0 Å². The van der Waals surface area contributed by atoms with Crippen LogP contribution in [0.1, 0.15) is 13.8 Å². The Kier molecular flexibility index (Phi) is 6.22. The summed E-state index contributed by atoms with van der Waals surface area (Å²) in [5.74, 6) is 0.566. The molecule has 0 unspecified atom stereocenters. The molecule has 1 saturated heterocycles. The van der Waals surface area contributed by atoms with Gasteiger partial charge in [-0.25, -0.2) is 4.39 Å². The van der Waals surface area contributed by atoms with E-state index in [0.717, 1.165) is 32.1 Å². The van der Waals surface area contributed by atoms with Gasteiger partial charge in [0, 0.05) is 46.8 Å². The van der Waals surface area contributed by atoms with Crippen LogP contribution in [0.2, 0.25) is 0 Å². The number of piperazine rings is 1. The first-order chi connectivity index (χ1) is 11.9. The van der Waals surface area contributed by atoms with Crippen LogP contribution in [-0.4, -0.2) is 63.6 Å². The second kappa shape index (κ2) is 8.18. The maximum Gasteiger partial charge on any atom is 0.227 e. The highest BCUT2D eigenvalue weighted by Crippen LogP contribution is 2.20. The average Bonchev–Trinajstić information content (AvgIpc) is 2.62. The van der Waals surface area contributed by atoms with Crippen molar-refractivity contribution in [2.75, 3.05) is 51.7 Å². The van der Waals surface area contributed by atoms with Crippen LogP contribution in [0.4, 0.5) is 10.1 Å². The number of carbonyl (C=O) groups is 1. The monoisotopic (exact) mass is 349 g/mol. The fourth-order valence-electron chi connectivity index (χ4n) is 2.92. The molecule has 0 spiro atoms. The molecule has 25 heavy (non-hydrogen) atoms. The highest BCUT2D eigenvalue weighted by Gasteiger charge is 2.28. The zero-order valence-electron chi connectivity index (χ0n) is 15.5. The molecule has 1 heterocycles. The summed E-state index contributed by atoms with van der Waals surface area (Å²) in [4.78, 5) is 20.4. The number of carbonyl (C=O) groups excluding carboxylic acids is 1. The van der Waals surface area contributed by atoms with Gasteiger partial charge in [0.2, 0.25) is 5.91 Å². The first-order valence-corrected chi connectivity index (χ1v) is 8.56. The SMILES string of the molecule is CN=C(NCC(C)(C)C(=O)NC)N1CCN(c2ccccc2F)CC1. The smallest absolute Gasteiger partial charge is 0.227 e. The van der Waals surface area contributed by atoms with Crippen molar-refractivity contribution in [2.24, 2.45) is 10.4 Å². The third-order valence-corrected chi connectivity index (χ3v) is 4.51. The van der Waals surface area contributed by atoms with Crippen molar-refractivity contribution in [3.8, 4) is 0 Å². The van der Waals surface area contributed by atoms with Gasteiger partial charge in [0.15, 0.2) is 5.96 Å². The summed E-state index contributed by atoms with van der Waals surface area (Å²) in [7, 11) is 3.37. The fraction of sp³-hybridized carbons (Fsp3) is 0.556. The number of halogens is 1. The Hall–Kier alpha value is -2.31. The van der Waals surface area contributed by atoms with Crippen molar-refractivity contribution in [2.45, 2.75) is 13.8 Å². The second-order valence-corrected chi connectivity index (χ2v) is 6.79. The lowest BCUT2D eigenvalue weighted by atomic mass is 9.92. The van der Waals surface area contributed by atoms with Gasteiger partial charge >= 0.3 is 0 Å². The Balaban J connectivity index is 1.92. The van der Waals surface area contributed by atoms with Crippen molar-refractivity contribution in [3.05, 3.63) is 30.1 Å². The average molecular weight is 349 g/mol. The van der Waals surface area contributed by atoms with Gasteiger partial charge in [-0.3, -0.25) is 9.79 Å². The summed E-state index contributed by atoms with van der Waals surface area (Å²) in [5.41, 5.74) is 0.116. The molecule has 2 rings (SSSR count). The maximum atomic E-state index is 13.9. The van der Waals surface area contributed by atoms with Crippen molar-refractivity contribution >= 4 is 17.6 Å². The number of amides is 1. The Labute approximate surface area is 149 Å². The molecular formula is C18H28FN5O. The quantitative estimate of drug-likeness (QED) is 0.635. The Morgan fingerprint density at radius 1 is 1.24 bits per heavy atom. The van der Waals surface area contributed by atoms with E-state index in [1.165, 1.54) is 6.07 Å². The molecule has 0 aliphatic carbocycles. The van der Waals surface area contributed by atoms with Gasteiger partial charge in [-0.05, 0) is 26.0 Å². The molecule has 1 amide bonds.